The van der Waals surface area contributed by atoms with Gasteiger partial charge in [0.25, 0.3) is 0 Å². The van der Waals surface area contributed by atoms with Gasteiger partial charge in [-0.2, -0.15) is 0 Å². The van der Waals surface area contributed by atoms with Crippen molar-refractivity contribution in [3.63, 3.8) is 0 Å². The molecule has 184 valence electrons. The van der Waals surface area contributed by atoms with Crippen molar-refractivity contribution in [2.75, 3.05) is 6.54 Å². The van der Waals surface area contributed by atoms with Gasteiger partial charge in [-0.3, -0.25) is 4.98 Å². The van der Waals surface area contributed by atoms with E-state index < -0.39 is 0 Å². The van der Waals surface area contributed by atoms with E-state index in [-0.39, 0.29) is 18.1 Å². The number of unbranched alkanes of at least 4 members (excludes halogenated alkanes) is 3. The summed E-state index contributed by atoms with van der Waals surface area (Å²) in [7, 11) is 0. The Balaban J connectivity index is 1.32. The number of pyridine rings is 1. The maximum absolute atomic E-state index is 10.6. The molecular formula is C29H46N2O2. The molecule has 4 heteroatoms. The van der Waals surface area contributed by atoms with Gasteiger partial charge in [-0.25, -0.2) is 0 Å². The second kappa shape index (κ2) is 14.0. The number of aromatic nitrogens is 1. The van der Waals surface area contributed by atoms with Crippen LogP contribution >= 0.6 is 0 Å². The summed E-state index contributed by atoms with van der Waals surface area (Å²) in [5.74, 6) is 1.79. The van der Waals surface area contributed by atoms with Crippen LogP contribution in [-0.2, 0) is 6.54 Å². The minimum atomic E-state index is -0.385. The first-order valence-corrected chi connectivity index (χ1v) is 13.4. The fraction of sp³-hybridized carbons (Fsp3) is 0.690. The molecule has 0 spiro atoms. The van der Waals surface area contributed by atoms with Gasteiger partial charge in [-0.1, -0.05) is 63.3 Å². The highest BCUT2D eigenvalue weighted by Crippen LogP contribution is 2.48. The van der Waals surface area contributed by atoms with Crippen molar-refractivity contribution in [1.29, 1.82) is 0 Å². The van der Waals surface area contributed by atoms with Crippen molar-refractivity contribution in [3.8, 4) is 0 Å². The van der Waals surface area contributed by atoms with E-state index in [0.717, 1.165) is 32.4 Å². The zero-order valence-corrected chi connectivity index (χ0v) is 20.8. The van der Waals surface area contributed by atoms with Gasteiger partial charge in [0.1, 0.15) is 0 Å². The van der Waals surface area contributed by atoms with Crippen molar-refractivity contribution in [2.45, 2.75) is 96.8 Å². The van der Waals surface area contributed by atoms with Gasteiger partial charge < -0.3 is 15.5 Å². The summed E-state index contributed by atoms with van der Waals surface area (Å²) < 4.78 is 0. The Labute approximate surface area is 201 Å². The van der Waals surface area contributed by atoms with Crippen LogP contribution in [0.2, 0.25) is 0 Å². The molecule has 0 amide bonds. The predicted molar refractivity (Wildman–Crippen MR) is 137 cm³/mol. The Bertz CT molecular complexity index is 732. The molecule has 1 aromatic heterocycles. The van der Waals surface area contributed by atoms with E-state index in [1.54, 1.807) is 5.57 Å². The average Bonchev–Trinajstić information content (AvgIpc) is 3.32. The van der Waals surface area contributed by atoms with Crippen LogP contribution in [0, 0.1) is 23.7 Å². The number of nitrogens with one attached hydrogen (secondary N) is 1. The number of fused-ring (bicyclic) bond motifs is 1. The summed E-state index contributed by atoms with van der Waals surface area (Å²) in [5.41, 5.74) is 2.88. The van der Waals surface area contributed by atoms with Crippen LogP contribution in [0.15, 0.2) is 48.3 Å². The molecule has 0 aliphatic heterocycles. The zero-order valence-electron chi connectivity index (χ0n) is 20.8. The van der Waals surface area contributed by atoms with Crippen molar-refractivity contribution in [3.05, 3.63) is 53.9 Å². The molecule has 33 heavy (non-hydrogen) atoms. The Morgan fingerprint density at radius 2 is 2.00 bits per heavy atom. The van der Waals surface area contributed by atoms with Gasteiger partial charge in [-0.05, 0) is 80.5 Å². The van der Waals surface area contributed by atoms with Gasteiger partial charge in [0.15, 0.2) is 0 Å². The maximum atomic E-state index is 10.6. The van der Waals surface area contributed by atoms with E-state index in [2.05, 4.69) is 48.4 Å². The lowest BCUT2D eigenvalue weighted by molar-refractivity contribution is 0.139. The molecule has 0 aromatic carbocycles. The second-order valence-corrected chi connectivity index (χ2v) is 10.5. The molecule has 3 rings (SSSR count). The number of allylic oxidation sites excluding steroid dienone is 2. The molecule has 0 saturated heterocycles. The Morgan fingerprint density at radius 3 is 2.79 bits per heavy atom. The fourth-order valence-electron chi connectivity index (χ4n) is 5.72. The quantitative estimate of drug-likeness (QED) is 0.231. The van der Waals surface area contributed by atoms with Crippen LogP contribution in [0.3, 0.4) is 0 Å². The molecule has 2 aliphatic rings. The Morgan fingerprint density at radius 1 is 1.18 bits per heavy atom. The molecule has 4 nitrogen and oxygen atoms in total. The third-order valence-corrected chi connectivity index (χ3v) is 7.63. The topological polar surface area (TPSA) is 65.4 Å². The van der Waals surface area contributed by atoms with Crippen LogP contribution < -0.4 is 5.32 Å². The van der Waals surface area contributed by atoms with Gasteiger partial charge in [-0.15, -0.1) is 0 Å². The first-order valence-electron chi connectivity index (χ1n) is 13.4. The summed E-state index contributed by atoms with van der Waals surface area (Å²) in [6.07, 6.45) is 21.0. The number of aliphatic hydroxyl groups is 2. The summed E-state index contributed by atoms with van der Waals surface area (Å²) in [6, 6.07) is 4.12. The lowest BCUT2D eigenvalue weighted by Crippen LogP contribution is -2.18. The van der Waals surface area contributed by atoms with Crippen LogP contribution in [0.25, 0.3) is 0 Å². The van der Waals surface area contributed by atoms with E-state index in [1.807, 2.05) is 18.5 Å². The SMILES string of the molecule is CCCC[C@H](C)C[C@H](O)/C=C/[C@@H]1[C@H]2CC(CCCCCNCc3ccncc3)=C[C@H]2C[C@H]1O. The summed E-state index contributed by atoms with van der Waals surface area (Å²) in [5, 5.41) is 24.6. The van der Waals surface area contributed by atoms with Gasteiger partial charge in [0.05, 0.1) is 12.2 Å². The van der Waals surface area contributed by atoms with Gasteiger partial charge in [0.2, 0.25) is 0 Å². The number of nitrogens with zero attached hydrogens (tertiary/aromatic N) is 1. The molecule has 2 aliphatic carbocycles. The van der Waals surface area contributed by atoms with Gasteiger partial charge >= 0.3 is 0 Å². The predicted octanol–water partition coefficient (Wildman–Crippen LogP) is 5.81. The summed E-state index contributed by atoms with van der Waals surface area (Å²) in [6.45, 7) is 6.43. The molecular weight excluding hydrogens is 408 g/mol. The third-order valence-electron chi connectivity index (χ3n) is 7.63. The smallest absolute Gasteiger partial charge is 0.0723 e. The molecule has 1 heterocycles. The van der Waals surface area contributed by atoms with Crippen molar-refractivity contribution in [1.82, 2.24) is 10.3 Å². The minimum absolute atomic E-state index is 0.196. The number of aliphatic hydroxyl groups excluding tert-OH is 2. The molecule has 0 radical (unpaired) electrons. The number of rotatable bonds is 15. The molecule has 3 N–H and O–H groups in total. The van der Waals surface area contributed by atoms with E-state index in [4.69, 9.17) is 0 Å². The highest BCUT2D eigenvalue weighted by atomic mass is 16.3. The molecule has 1 aromatic rings. The van der Waals surface area contributed by atoms with Crippen LogP contribution in [-0.4, -0.2) is 33.9 Å². The zero-order chi connectivity index (χ0) is 23.5. The fourth-order valence-corrected chi connectivity index (χ4v) is 5.72. The molecule has 0 bridgehead atoms. The van der Waals surface area contributed by atoms with E-state index in [0.29, 0.717) is 17.8 Å². The Hall–Kier alpha value is -1.49. The highest BCUT2D eigenvalue weighted by molar-refractivity contribution is 5.21. The van der Waals surface area contributed by atoms with E-state index >= 15 is 0 Å². The first kappa shape index (κ1) is 26.1. The standard InChI is InChI=1S/C29H46N2O2/c1-3-4-8-22(2)17-26(32)10-11-27-28-19-24(18-25(28)20-29(27)33)9-6-5-7-14-31-21-23-12-15-30-16-13-23/h10-13,15-16,18,22,25-29,31-33H,3-9,14,17,19-21H2,1-2H3/b11-10+/t22-,25-,26+,27+,28-,29+/m0/s1. The average molecular weight is 455 g/mol. The van der Waals surface area contributed by atoms with Crippen LogP contribution in [0.1, 0.15) is 83.6 Å². The Kier molecular flexibility index (Phi) is 11.1. The van der Waals surface area contributed by atoms with Gasteiger partial charge in [0, 0.05) is 24.9 Å². The van der Waals surface area contributed by atoms with Crippen molar-refractivity contribution < 1.29 is 10.2 Å². The van der Waals surface area contributed by atoms with E-state index in [9.17, 15) is 10.2 Å². The lowest BCUT2D eigenvalue weighted by Gasteiger charge is -2.19. The number of hydrogen-bond donors (Lipinski definition) is 3. The van der Waals surface area contributed by atoms with Crippen molar-refractivity contribution >= 4 is 0 Å². The first-order chi connectivity index (χ1) is 16.1. The number of hydrogen-bond acceptors (Lipinski definition) is 4. The molecule has 1 fully saturated rings. The maximum Gasteiger partial charge on any atom is 0.0723 e. The van der Waals surface area contributed by atoms with E-state index in [1.165, 1.54) is 50.5 Å². The summed E-state index contributed by atoms with van der Waals surface area (Å²) in [4.78, 5) is 4.06. The third kappa shape index (κ3) is 8.66. The normalized spacial score (nSPS) is 26.5. The summed E-state index contributed by atoms with van der Waals surface area (Å²) >= 11 is 0. The molecule has 6 atom stereocenters. The molecule has 0 unspecified atom stereocenters. The monoisotopic (exact) mass is 454 g/mol. The lowest BCUT2D eigenvalue weighted by atomic mass is 9.88. The largest absolute Gasteiger partial charge is 0.392 e. The van der Waals surface area contributed by atoms with Crippen molar-refractivity contribution in [2.24, 2.45) is 23.7 Å². The van der Waals surface area contributed by atoms with Crippen LogP contribution in [0.4, 0.5) is 0 Å². The van der Waals surface area contributed by atoms with Crippen LogP contribution in [0.5, 0.6) is 0 Å². The minimum Gasteiger partial charge on any atom is -0.392 e. The second-order valence-electron chi connectivity index (χ2n) is 10.5. The highest BCUT2D eigenvalue weighted by Gasteiger charge is 2.43. The molecule has 1 saturated carbocycles.